The topological polar surface area (TPSA) is 37.4 Å². The summed E-state index contributed by atoms with van der Waals surface area (Å²) in [5, 5.41) is 0. The van der Waals surface area contributed by atoms with Crippen molar-refractivity contribution < 1.29 is 9.59 Å². The van der Waals surface area contributed by atoms with Crippen molar-refractivity contribution >= 4 is 11.9 Å². The summed E-state index contributed by atoms with van der Waals surface area (Å²) in [4.78, 5) is 24.1. The number of benzene rings is 1. The number of carbonyl (C=O) groups excluding carboxylic acids is 2. The van der Waals surface area contributed by atoms with E-state index < -0.39 is 0 Å². The Morgan fingerprint density at radius 3 is 2.39 bits per heavy atom. The van der Waals surface area contributed by atoms with Crippen LogP contribution in [0.3, 0.4) is 0 Å². The molecule has 1 heterocycles. The van der Waals surface area contributed by atoms with Gasteiger partial charge in [-0.1, -0.05) is 30.3 Å². The summed E-state index contributed by atoms with van der Waals surface area (Å²) in [6, 6.07) is 9.94. The Bertz CT molecular complexity index is 574. The van der Waals surface area contributed by atoms with Crippen molar-refractivity contribution in [1.82, 2.24) is 4.90 Å². The molecule has 1 aliphatic heterocycles. The highest BCUT2D eigenvalue weighted by Gasteiger charge is 2.57. The maximum atomic E-state index is 11.2. The fraction of sp³-hybridized carbons (Fsp3) is 0.333. The van der Waals surface area contributed by atoms with Gasteiger partial charge in [-0.3, -0.25) is 0 Å². The van der Waals surface area contributed by atoms with Crippen LogP contribution in [0, 0.1) is 5.41 Å². The molecule has 0 amide bonds. The molecule has 2 fully saturated rings. The van der Waals surface area contributed by atoms with Gasteiger partial charge in [-0.2, -0.15) is 0 Å². The molecule has 0 aromatic heterocycles. The van der Waals surface area contributed by atoms with Crippen LogP contribution in [0.2, 0.25) is 0 Å². The maximum Gasteiger partial charge on any atom is 0.146 e. The molecule has 3 heteroatoms. The van der Waals surface area contributed by atoms with Gasteiger partial charge >= 0.3 is 0 Å². The summed E-state index contributed by atoms with van der Waals surface area (Å²) in [7, 11) is 0. The monoisotopic (exact) mass is 239 g/mol. The van der Waals surface area contributed by atoms with E-state index in [1.807, 2.05) is 47.1 Å². The molecule has 1 saturated heterocycles. The van der Waals surface area contributed by atoms with Gasteiger partial charge in [0.05, 0.1) is 12.0 Å². The Labute approximate surface area is 105 Å². The van der Waals surface area contributed by atoms with Crippen LogP contribution in [0.15, 0.2) is 41.6 Å². The Morgan fingerprint density at radius 2 is 1.83 bits per heavy atom. The minimum absolute atomic E-state index is 0.307. The van der Waals surface area contributed by atoms with E-state index in [2.05, 4.69) is 0 Å². The molecular weight excluding hydrogens is 226 g/mol. The first-order valence-electron chi connectivity index (χ1n) is 6.09. The predicted molar refractivity (Wildman–Crippen MR) is 66.9 cm³/mol. The lowest BCUT2D eigenvalue weighted by atomic mass is 9.99. The summed E-state index contributed by atoms with van der Waals surface area (Å²) < 4.78 is 0. The Morgan fingerprint density at radius 1 is 1.11 bits per heavy atom. The molecule has 1 aromatic rings. The van der Waals surface area contributed by atoms with Crippen LogP contribution in [0.1, 0.15) is 18.4 Å². The Hall–Kier alpha value is -2.08. The molecule has 1 spiro atoms. The molecule has 0 N–H and O–H groups in total. The number of nitrogens with zero attached hydrogens (tertiary/aromatic N) is 1. The third-order valence-electron chi connectivity index (χ3n) is 3.88. The highest BCUT2D eigenvalue weighted by molar-refractivity contribution is 5.69. The lowest BCUT2D eigenvalue weighted by Crippen LogP contribution is -2.19. The van der Waals surface area contributed by atoms with Gasteiger partial charge < -0.3 is 4.90 Å². The smallest absolute Gasteiger partial charge is 0.146 e. The molecule has 3 nitrogen and oxygen atoms in total. The molecule has 0 bridgehead atoms. The van der Waals surface area contributed by atoms with Crippen LogP contribution in [0.25, 0.3) is 0 Å². The summed E-state index contributed by atoms with van der Waals surface area (Å²) in [6.07, 6.45) is 1.76. The van der Waals surface area contributed by atoms with Crippen molar-refractivity contribution in [2.75, 3.05) is 6.54 Å². The van der Waals surface area contributed by atoms with E-state index in [0.29, 0.717) is 18.8 Å². The molecule has 2 aliphatic rings. The molecule has 90 valence electrons. The molecule has 18 heavy (non-hydrogen) atoms. The van der Waals surface area contributed by atoms with Gasteiger partial charge in [0.15, 0.2) is 0 Å². The summed E-state index contributed by atoms with van der Waals surface area (Å²) in [5.74, 6) is 4.07. The zero-order valence-electron chi connectivity index (χ0n) is 9.98. The van der Waals surface area contributed by atoms with E-state index in [1.54, 1.807) is 0 Å². The molecule has 1 aromatic carbocycles. The fourth-order valence-corrected chi connectivity index (χ4v) is 2.76. The standard InChI is InChI=1S/C15H13NO2/c17-10-13-9-16(8-12-4-2-1-3-5-12)14(11-18)15(13)6-7-15/h1-5H,6-9H2. The molecule has 1 saturated carbocycles. The van der Waals surface area contributed by atoms with Crippen LogP contribution in [-0.2, 0) is 16.1 Å². The maximum absolute atomic E-state index is 11.2. The van der Waals surface area contributed by atoms with E-state index in [1.165, 1.54) is 0 Å². The molecule has 0 atom stereocenters. The zero-order chi connectivity index (χ0) is 12.6. The van der Waals surface area contributed by atoms with Crippen molar-refractivity contribution in [2.24, 2.45) is 5.41 Å². The SMILES string of the molecule is O=C=C1CN(Cc2ccccc2)C(=C=O)C12CC2. The molecule has 1 aliphatic carbocycles. The first-order chi connectivity index (χ1) is 8.80. The lowest BCUT2D eigenvalue weighted by Gasteiger charge is -2.18. The average molecular weight is 239 g/mol. The number of allylic oxidation sites excluding steroid dienone is 1. The van der Waals surface area contributed by atoms with Crippen LogP contribution in [0.4, 0.5) is 0 Å². The van der Waals surface area contributed by atoms with Crippen molar-refractivity contribution in [3.8, 4) is 0 Å². The van der Waals surface area contributed by atoms with Crippen molar-refractivity contribution in [2.45, 2.75) is 19.4 Å². The molecule has 0 radical (unpaired) electrons. The summed E-state index contributed by atoms with van der Waals surface area (Å²) in [5.41, 5.74) is 2.19. The van der Waals surface area contributed by atoms with Crippen molar-refractivity contribution in [1.29, 1.82) is 0 Å². The van der Waals surface area contributed by atoms with Crippen LogP contribution < -0.4 is 0 Å². The molecular formula is C15H13NO2. The minimum atomic E-state index is -0.307. The second-order valence-corrected chi connectivity index (χ2v) is 4.96. The van der Waals surface area contributed by atoms with Gasteiger partial charge in [0.1, 0.15) is 17.6 Å². The Kier molecular flexibility index (Phi) is 2.45. The van der Waals surface area contributed by atoms with Gasteiger partial charge in [0, 0.05) is 12.1 Å². The van der Waals surface area contributed by atoms with Gasteiger partial charge in [0.2, 0.25) is 0 Å². The number of hydrogen-bond acceptors (Lipinski definition) is 3. The van der Waals surface area contributed by atoms with Crippen LogP contribution >= 0.6 is 0 Å². The summed E-state index contributed by atoms with van der Waals surface area (Å²) >= 11 is 0. The lowest BCUT2D eigenvalue weighted by molar-refractivity contribution is 0.386. The molecule has 0 unspecified atom stereocenters. The van der Waals surface area contributed by atoms with E-state index in [9.17, 15) is 9.59 Å². The summed E-state index contributed by atoms with van der Waals surface area (Å²) in [6.45, 7) is 1.17. The Balaban J connectivity index is 1.91. The highest BCUT2D eigenvalue weighted by atomic mass is 16.1. The normalized spacial score (nSPS) is 19.9. The van der Waals surface area contributed by atoms with Crippen LogP contribution in [-0.4, -0.2) is 23.3 Å². The average Bonchev–Trinajstić information content (AvgIpc) is 3.12. The van der Waals surface area contributed by atoms with Gasteiger partial charge in [0.25, 0.3) is 0 Å². The first kappa shape index (κ1) is 11.0. The number of likely N-dealkylation sites (tertiary alicyclic amines) is 1. The third-order valence-corrected chi connectivity index (χ3v) is 3.88. The third kappa shape index (κ3) is 1.53. The van der Waals surface area contributed by atoms with Gasteiger partial charge in [-0.15, -0.1) is 0 Å². The van der Waals surface area contributed by atoms with E-state index in [-0.39, 0.29) is 5.41 Å². The number of rotatable bonds is 2. The molecule has 3 rings (SSSR count). The minimum Gasteiger partial charge on any atom is -0.356 e. The van der Waals surface area contributed by atoms with Gasteiger partial charge in [-0.25, -0.2) is 9.59 Å². The van der Waals surface area contributed by atoms with E-state index >= 15 is 0 Å². The first-order valence-corrected chi connectivity index (χ1v) is 6.09. The van der Waals surface area contributed by atoms with Crippen LogP contribution in [0.5, 0.6) is 0 Å². The second kappa shape index (κ2) is 3.99. The fourth-order valence-electron chi connectivity index (χ4n) is 2.76. The predicted octanol–water partition coefficient (Wildman–Crippen LogP) is 1.76. The second-order valence-electron chi connectivity index (χ2n) is 4.96. The quantitative estimate of drug-likeness (QED) is 0.738. The highest BCUT2D eigenvalue weighted by Crippen LogP contribution is 2.60. The van der Waals surface area contributed by atoms with Crippen molar-refractivity contribution in [3.63, 3.8) is 0 Å². The number of hydrogen-bond donors (Lipinski definition) is 0. The largest absolute Gasteiger partial charge is 0.356 e. The van der Waals surface area contributed by atoms with Gasteiger partial charge in [-0.05, 0) is 18.4 Å². The van der Waals surface area contributed by atoms with Crippen molar-refractivity contribution in [3.05, 3.63) is 47.2 Å². The van der Waals surface area contributed by atoms with E-state index in [4.69, 9.17) is 0 Å². The zero-order valence-corrected chi connectivity index (χ0v) is 9.98. The van der Waals surface area contributed by atoms with E-state index in [0.717, 1.165) is 24.0 Å².